The van der Waals surface area contributed by atoms with E-state index in [-0.39, 0.29) is 5.91 Å². The van der Waals surface area contributed by atoms with Gasteiger partial charge in [-0.25, -0.2) is 4.79 Å². The maximum atomic E-state index is 12.3. The minimum absolute atomic E-state index is 0.136. The van der Waals surface area contributed by atoms with E-state index in [1.54, 1.807) is 11.3 Å². The summed E-state index contributed by atoms with van der Waals surface area (Å²) in [5.41, 5.74) is 1.94. The molecule has 1 unspecified atom stereocenters. The number of rotatable bonds is 8. The number of ether oxygens (including phenoxy) is 1. The van der Waals surface area contributed by atoms with Crippen LogP contribution in [0.4, 0.5) is 0 Å². The van der Waals surface area contributed by atoms with Gasteiger partial charge in [-0.2, -0.15) is 0 Å². The number of aromatic amines is 1. The Bertz CT molecular complexity index is 921. The van der Waals surface area contributed by atoms with Crippen LogP contribution in [0.15, 0.2) is 46.4 Å². The summed E-state index contributed by atoms with van der Waals surface area (Å²) in [5, 5.41) is 5.88. The minimum atomic E-state index is -0.706. The van der Waals surface area contributed by atoms with Crippen molar-refractivity contribution in [2.75, 3.05) is 7.11 Å². The Labute approximate surface area is 170 Å². The van der Waals surface area contributed by atoms with Crippen molar-refractivity contribution < 1.29 is 14.3 Å². The van der Waals surface area contributed by atoms with Crippen molar-refractivity contribution in [1.29, 1.82) is 0 Å². The molecule has 1 atom stereocenters. The highest BCUT2D eigenvalue weighted by Crippen LogP contribution is 2.24. The largest absolute Gasteiger partial charge is 0.467 e. The number of halogens is 1. The van der Waals surface area contributed by atoms with Crippen LogP contribution in [0, 0.1) is 0 Å². The van der Waals surface area contributed by atoms with Gasteiger partial charge in [0.05, 0.1) is 7.11 Å². The molecule has 2 heterocycles. The lowest BCUT2D eigenvalue weighted by molar-refractivity contribution is -0.145. The summed E-state index contributed by atoms with van der Waals surface area (Å²) in [6.07, 6.45) is 4.24. The van der Waals surface area contributed by atoms with Gasteiger partial charge in [0.2, 0.25) is 5.91 Å². The van der Waals surface area contributed by atoms with E-state index in [4.69, 9.17) is 4.74 Å². The van der Waals surface area contributed by atoms with E-state index >= 15 is 0 Å². The van der Waals surface area contributed by atoms with Crippen molar-refractivity contribution in [1.82, 2.24) is 10.3 Å². The highest BCUT2D eigenvalue weighted by Gasteiger charge is 2.23. The Kier molecular flexibility index (Phi) is 6.68. The quantitative estimate of drug-likeness (QED) is 0.506. The van der Waals surface area contributed by atoms with Crippen molar-refractivity contribution in [2.24, 2.45) is 0 Å². The summed E-state index contributed by atoms with van der Waals surface area (Å²) < 4.78 is 5.85. The van der Waals surface area contributed by atoms with E-state index in [0.29, 0.717) is 12.8 Å². The molecule has 7 heteroatoms. The third-order valence-corrected chi connectivity index (χ3v) is 5.81. The van der Waals surface area contributed by atoms with Crippen LogP contribution in [0.2, 0.25) is 0 Å². The maximum absolute atomic E-state index is 12.3. The minimum Gasteiger partial charge on any atom is -0.467 e. The normalized spacial score (nSPS) is 12.1. The molecule has 0 bridgehead atoms. The van der Waals surface area contributed by atoms with Crippen LogP contribution < -0.4 is 5.32 Å². The van der Waals surface area contributed by atoms with Gasteiger partial charge in [0.1, 0.15) is 6.04 Å². The Morgan fingerprint density at radius 3 is 2.93 bits per heavy atom. The number of carbonyl (C=O) groups excluding carboxylic acids is 2. The Hall–Kier alpha value is -2.12. The molecule has 2 aromatic heterocycles. The third kappa shape index (κ3) is 5.20. The number of methoxy groups -OCH3 is 1. The number of aryl methyl sites for hydroxylation is 1. The van der Waals surface area contributed by atoms with E-state index in [1.165, 1.54) is 12.0 Å². The Balaban J connectivity index is 1.63. The van der Waals surface area contributed by atoms with Crippen molar-refractivity contribution in [3.63, 3.8) is 0 Å². The molecule has 0 aliphatic carbocycles. The highest BCUT2D eigenvalue weighted by molar-refractivity contribution is 9.10. The zero-order valence-electron chi connectivity index (χ0n) is 15.0. The number of benzene rings is 1. The van der Waals surface area contributed by atoms with Gasteiger partial charge in [-0.15, -0.1) is 11.3 Å². The van der Waals surface area contributed by atoms with Crippen LogP contribution in [-0.4, -0.2) is 30.0 Å². The molecule has 0 aliphatic heterocycles. The second-order valence-electron chi connectivity index (χ2n) is 6.28. The molecule has 2 N–H and O–H groups in total. The lowest BCUT2D eigenvalue weighted by Crippen LogP contribution is -2.43. The van der Waals surface area contributed by atoms with Gasteiger partial charge in [0.25, 0.3) is 0 Å². The van der Waals surface area contributed by atoms with Crippen molar-refractivity contribution in [3.05, 3.63) is 56.8 Å². The molecule has 3 rings (SSSR count). The first-order valence-corrected chi connectivity index (χ1v) is 10.4. The lowest BCUT2D eigenvalue weighted by Gasteiger charge is -2.16. The van der Waals surface area contributed by atoms with Crippen LogP contribution in [0.5, 0.6) is 0 Å². The van der Waals surface area contributed by atoms with Crippen LogP contribution in [0.3, 0.4) is 0 Å². The molecule has 142 valence electrons. The Morgan fingerprint density at radius 2 is 2.19 bits per heavy atom. The van der Waals surface area contributed by atoms with E-state index in [0.717, 1.165) is 33.8 Å². The predicted molar refractivity (Wildman–Crippen MR) is 111 cm³/mol. The van der Waals surface area contributed by atoms with Crippen LogP contribution in [-0.2, 0) is 27.2 Å². The van der Waals surface area contributed by atoms with Gasteiger partial charge in [0.15, 0.2) is 0 Å². The molecule has 0 saturated heterocycles. The number of H-pyrrole nitrogens is 1. The fraction of sp³-hybridized carbons (Fsp3) is 0.300. The van der Waals surface area contributed by atoms with Gasteiger partial charge in [0, 0.05) is 39.3 Å². The molecule has 0 saturated carbocycles. The van der Waals surface area contributed by atoms with E-state index in [2.05, 4.69) is 32.3 Å². The SMILES string of the molecule is COC(=O)C(Cc1c[nH]c2ccc(Br)cc12)NC(=O)CCCc1cccs1. The van der Waals surface area contributed by atoms with Gasteiger partial charge < -0.3 is 15.0 Å². The van der Waals surface area contributed by atoms with Crippen molar-refractivity contribution >= 4 is 50.0 Å². The standard InChI is InChI=1S/C20H21BrN2O3S/c1-26-20(25)18(23-19(24)6-2-4-15-5-3-9-27-15)10-13-12-22-17-8-7-14(21)11-16(13)17/h3,5,7-9,11-12,18,22H,2,4,6,10H2,1H3,(H,23,24). The molecular weight excluding hydrogens is 428 g/mol. The molecule has 0 radical (unpaired) electrons. The summed E-state index contributed by atoms with van der Waals surface area (Å²) in [5.74, 6) is -0.575. The summed E-state index contributed by atoms with van der Waals surface area (Å²) in [7, 11) is 1.34. The molecule has 1 aromatic carbocycles. The molecule has 1 amide bonds. The first-order chi connectivity index (χ1) is 13.1. The highest BCUT2D eigenvalue weighted by atomic mass is 79.9. The average Bonchev–Trinajstić information content (AvgIpc) is 3.30. The number of carbonyl (C=O) groups is 2. The lowest BCUT2D eigenvalue weighted by atomic mass is 10.0. The average molecular weight is 449 g/mol. The molecule has 27 heavy (non-hydrogen) atoms. The monoisotopic (exact) mass is 448 g/mol. The summed E-state index contributed by atoms with van der Waals surface area (Å²) in [6, 6.07) is 9.29. The molecule has 0 aliphatic rings. The van der Waals surface area contributed by atoms with Gasteiger partial charge in [-0.1, -0.05) is 22.0 Å². The van der Waals surface area contributed by atoms with Crippen LogP contribution >= 0.6 is 27.3 Å². The van der Waals surface area contributed by atoms with Crippen LogP contribution in [0.1, 0.15) is 23.3 Å². The van der Waals surface area contributed by atoms with Crippen molar-refractivity contribution in [2.45, 2.75) is 31.7 Å². The summed E-state index contributed by atoms with van der Waals surface area (Å²) in [4.78, 5) is 29.0. The molecule has 0 spiro atoms. The van der Waals surface area contributed by atoms with Gasteiger partial charge in [-0.05, 0) is 48.1 Å². The first kappa shape index (κ1) is 19.6. The molecule has 3 aromatic rings. The molecular formula is C20H21BrN2O3S. The topological polar surface area (TPSA) is 71.2 Å². The number of nitrogens with one attached hydrogen (secondary N) is 2. The van der Waals surface area contributed by atoms with E-state index < -0.39 is 12.0 Å². The van der Waals surface area contributed by atoms with E-state index in [1.807, 2.05) is 35.8 Å². The predicted octanol–water partition coefficient (Wildman–Crippen LogP) is 4.22. The van der Waals surface area contributed by atoms with Crippen molar-refractivity contribution in [3.8, 4) is 0 Å². The number of thiophene rings is 1. The second-order valence-corrected chi connectivity index (χ2v) is 8.23. The van der Waals surface area contributed by atoms with E-state index in [9.17, 15) is 9.59 Å². The molecule has 0 fully saturated rings. The Morgan fingerprint density at radius 1 is 1.33 bits per heavy atom. The summed E-state index contributed by atoms with van der Waals surface area (Å²) >= 11 is 5.16. The zero-order chi connectivity index (χ0) is 19.2. The smallest absolute Gasteiger partial charge is 0.328 e. The zero-order valence-corrected chi connectivity index (χ0v) is 17.4. The van der Waals surface area contributed by atoms with Gasteiger partial charge in [-0.3, -0.25) is 4.79 Å². The fourth-order valence-corrected chi connectivity index (χ4v) is 4.13. The number of esters is 1. The number of hydrogen-bond acceptors (Lipinski definition) is 4. The van der Waals surface area contributed by atoms with Crippen LogP contribution in [0.25, 0.3) is 10.9 Å². The third-order valence-electron chi connectivity index (χ3n) is 4.38. The fourth-order valence-electron chi connectivity index (χ4n) is 3.02. The maximum Gasteiger partial charge on any atom is 0.328 e. The second kappa shape index (κ2) is 9.19. The number of amides is 1. The number of hydrogen-bond donors (Lipinski definition) is 2. The number of aromatic nitrogens is 1. The molecule has 5 nitrogen and oxygen atoms in total. The first-order valence-electron chi connectivity index (χ1n) is 8.72. The summed E-state index contributed by atoms with van der Waals surface area (Å²) in [6.45, 7) is 0. The van der Waals surface area contributed by atoms with Gasteiger partial charge >= 0.3 is 5.97 Å². The number of fused-ring (bicyclic) bond motifs is 1.